The van der Waals surface area contributed by atoms with Crippen LogP contribution in [0.5, 0.6) is 0 Å². The van der Waals surface area contributed by atoms with Crippen molar-refractivity contribution in [1.82, 2.24) is 14.9 Å². The molecule has 0 saturated heterocycles. The van der Waals surface area contributed by atoms with E-state index in [-0.39, 0.29) is 11.9 Å². The second-order valence-electron chi connectivity index (χ2n) is 4.93. The maximum atomic E-state index is 11.9. The number of nitrogens with one attached hydrogen (secondary N) is 1. The van der Waals surface area contributed by atoms with Crippen molar-refractivity contribution in [3.05, 3.63) is 48.5 Å². The van der Waals surface area contributed by atoms with Gasteiger partial charge in [-0.15, -0.1) is 0 Å². The van der Waals surface area contributed by atoms with Gasteiger partial charge in [-0.2, -0.15) is 0 Å². The van der Waals surface area contributed by atoms with Gasteiger partial charge >= 0.3 is 0 Å². The van der Waals surface area contributed by atoms with E-state index in [1.807, 2.05) is 42.0 Å². The molecule has 2 rings (SSSR count). The molecule has 0 saturated carbocycles. The second kappa shape index (κ2) is 6.75. The van der Waals surface area contributed by atoms with Crippen molar-refractivity contribution in [3.8, 4) is 0 Å². The van der Waals surface area contributed by atoms with Crippen LogP contribution >= 0.6 is 0 Å². The SMILES string of the molecule is CC(Cn1ccnc1)NC(=O)CCc1ccccc1N. The molecule has 0 aliphatic carbocycles. The molecular formula is C15H20N4O. The number of aryl methyl sites for hydroxylation is 1. The number of benzene rings is 1. The lowest BCUT2D eigenvalue weighted by atomic mass is 10.1. The zero-order valence-electron chi connectivity index (χ0n) is 11.6. The summed E-state index contributed by atoms with van der Waals surface area (Å²) in [6, 6.07) is 7.72. The molecule has 106 valence electrons. The molecule has 0 fully saturated rings. The summed E-state index contributed by atoms with van der Waals surface area (Å²) in [5.41, 5.74) is 7.62. The number of aromatic nitrogens is 2. The highest BCUT2D eigenvalue weighted by atomic mass is 16.1. The number of carbonyl (C=O) groups is 1. The van der Waals surface area contributed by atoms with Gasteiger partial charge in [0, 0.05) is 37.1 Å². The van der Waals surface area contributed by atoms with E-state index in [0.717, 1.165) is 17.8 Å². The number of amides is 1. The number of nitrogens with zero attached hydrogens (tertiary/aromatic N) is 2. The van der Waals surface area contributed by atoms with Gasteiger partial charge in [-0.25, -0.2) is 4.98 Å². The summed E-state index contributed by atoms with van der Waals surface area (Å²) in [5.74, 6) is 0.0425. The Bertz CT molecular complexity index is 551. The van der Waals surface area contributed by atoms with E-state index >= 15 is 0 Å². The Labute approximate surface area is 118 Å². The summed E-state index contributed by atoms with van der Waals surface area (Å²) in [7, 11) is 0. The topological polar surface area (TPSA) is 72.9 Å². The van der Waals surface area contributed by atoms with Crippen LogP contribution in [0.1, 0.15) is 18.9 Å². The van der Waals surface area contributed by atoms with Gasteiger partial charge in [-0.3, -0.25) is 4.79 Å². The fourth-order valence-corrected chi connectivity index (χ4v) is 2.11. The Morgan fingerprint density at radius 3 is 2.95 bits per heavy atom. The molecule has 1 aromatic carbocycles. The molecule has 5 heteroatoms. The molecule has 1 unspecified atom stereocenters. The smallest absolute Gasteiger partial charge is 0.220 e. The van der Waals surface area contributed by atoms with Crippen LogP contribution in [0.15, 0.2) is 43.0 Å². The van der Waals surface area contributed by atoms with Gasteiger partial charge in [-0.05, 0) is 25.0 Å². The summed E-state index contributed by atoms with van der Waals surface area (Å²) >= 11 is 0. The van der Waals surface area contributed by atoms with Gasteiger partial charge in [0.2, 0.25) is 5.91 Å². The number of hydrogen-bond acceptors (Lipinski definition) is 3. The van der Waals surface area contributed by atoms with E-state index < -0.39 is 0 Å². The summed E-state index contributed by atoms with van der Waals surface area (Å²) in [6.07, 6.45) is 6.46. The lowest BCUT2D eigenvalue weighted by molar-refractivity contribution is -0.121. The zero-order valence-corrected chi connectivity index (χ0v) is 11.6. The molecule has 0 aliphatic heterocycles. The van der Waals surface area contributed by atoms with E-state index in [2.05, 4.69) is 10.3 Å². The Morgan fingerprint density at radius 2 is 2.25 bits per heavy atom. The van der Waals surface area contributed by atoms with Crippen LogP contribution in [0.4, 0.5) is 5.69 Å². The first kappa shape index (κ1) is 14.1. The van der Waals surface area contributed by atoms with Gasteiger partial charge in [0.1, 0.15) is 0 Å². The highest BCUT2D eigenvalue weighted by molar-refractivity contribution is 5.76. The van der Waals surface area contributed by atoms with E-state index in [1.54, 1.807) is 12.5 Å². The van der Waals surface area contributed by atoms with Crippen molar-refractivity contribution in [1.29, 1.82) is 0 Å². The minimum atomic E-state index is 0.0425. The highest BCUT2D eigenvalue weighted by Crippen LogP contribution is 2.12. The van der Waals surface area contributed by atoms with Crippen LogP contribution in [-0.4, -0.2) is 21.5 Å². The molecule has 3 N–H and O–H groups in total. The van der Waals surface area contributed by atoms with Gasteiger partial charge in [0.15, 0.2) is 0 Å². The third-order valence-electron chi connectivity index (χ3n) is 3.13. The molecule has 0 spiro atoms. The van der Waals surface area contributed by atoms with E-state index in [4.69, 9.17) is 5.73 Å². The maximum absolute atomic E-state index is 11.9. The molecule has 1 amide bonds. The minimum Gasteiger partial charge on any atom is -0.399 e. The maximum Gasteiger partial charge on any atom is 0.220 e. The number of para-hydroxylation sites is 1. The predicted octanol–water partition coefficient (Wildman–Crippen LogP) is 1.60. The number of rotatable bonds is 6. The number of anilines is 1. The van der Waals surface area contributed by atoms with Crippen LogP contribution in [0.2, 0.25) is 0 Å². The van der Waals surface area contributed by atoms with Gasteiger partial charge in [0.25, 0.3) is 0 Å². The van der Waals surface area contributed by atoms with Crippen molar-refractivity contribution >= 4 is 11.6 Å². The van der Waals surface area contributed by atoms with E-state index in [1.165, 1.54) is 0 Å². The Balaban J connectivity index is 1.76. The molecule has 20 heavy (non-hydrogen) atoms. The van der Waals surface area contributed by atoms with Crippen LogP contribution in [-0.2, 0) is 17.8 Å². The van der Waals surface area contributed by atoms with Crippen molar-refractivity contribution in [2.24, 2.45) is 0 Å². The number of nitrogen functional groups attached to an aromatic ring is 1. The fraction of sp³-hybridized carbons (Fsp3) is 0.333. The van der Waals surface area contributed by atoms with Crippen molar-refractivity contribution < 1.29 is 4.79 Å². The van der Waals surface area contributed by atoms with Crippen molar-refractivity contribution in [2.45, 2.75) is 32.4 Å². The number of carbonyl (C=O) groups excluding carboxylic acids is 1. The first-order valence-corrected chi connectivity index (χ1v) is 6.73. The van der Waals surface area contributed by atoms with Gasteiger partial charge in [-0.1, -0.05) is 18.2 Å². The summed E-state index contributed by atoms with van der Waals surface area (Å²) in [4.78, 5) is 15.9. The van der Waals surface area contributed by atoms with Gasteiger partial charge < -0.3 is 15.6 Å². The molecule has 2 aromatic rings. The standard InChI is InChI=1S/C15H20N4O/c1-12(10-19-9-8-17-11-19)18-15(20)7-6-13-4-2-3-5-14(13)16/h2-5,8-9,11-12H,6-7,10,16H2,1H3,(H,18,20). The monoisotopic (exact) mass is 272 g/mol. The molecule has 0 aliphatic rings. The van der Waals surface area contributed by atoms with Gasteiger partial charge in [0.05, 0.1) is 6.33 Å². The zero-order chi connectivity index (χ0) is 14.4. The molecule has 0 radical (unpaired) electrons. The van der Waals surface area contributed by atoms with Crippen molar-refractivity contribution in [2.75, 3.05) is 5.73 Å². The third kappa shape index (κ3) is 4.12. The summed E-state index contributed by atoms with van der Waals surface area (Å²) in [6.45, 7) is 2.70. The normalized spacial score (nSPS) is 12.1. The molecular weight excluding hydrogens is 252 g/mol. The number of imidazole rings is 1. The Hall–Kier alpha value is -2.30. The highest BCUT2D eigenvalue weighted by Gasteiger charge is 2.08. The first-order chi connectivity index (χ1) is 9.65. The minimum absolute atomic E-state index is 0.0425. The number of hydrogen-bond donors (Lipinski definition) is 2. The van der Waals surface area contributed by atoms with Crippen LogP contribution in [0, 0.1) is 0 Å². The lowest BCUT2D eigenvalue weighted by Crippen LogP contribution is -2.35. The summed E-state index contributed by atoms with van der Waals surface area (Å²) < 4.78 is 1.94. The van der Waals surface area contributed by atoms with E-state index in [9.17, 15) is 4.79 Å². The molecule has 1 heterocycles. The lowest BCUT2D eigenvalue weighted by Gasteiger charge is -2.14. The molecule has 1 atom stereocenters. The summed E-state index contributed by atoms with van der Waals surface area (Å²) in [5, 5.41) is 2.98. The fourth-order valence-electron chi connectivity index (χ4n) is 2.11. The van der Waals surface area contributed by atoms with Crippen LogP contribution in [0.3, 0.4) is 0 Å². The third-order valence-corrected chi connectivity index (χ3v) is 3.13. The molecule has 5 nitrogen and oxygen atoms in total. The van der Waals surface area contributed by atoms with Crippen LogP contribution in [0.25, 0.3) is 0 Å². The van der Waals surface area contributed by atoms with Crippen molar-refractivity contribution in [3.63, 3.8) is 0 Å². The van der Waals surface area contributed by atoms with Crippen LogP contribution < -0.4 is 11.1 Å². The average molecular weight is 272 g/mol. The average Bonchev–Trinajstić information content (AvgIpc) is 2.90. The number of nitrogens with two attached hydrogens (primary N) is 1. The Morgan fingerprint density at radius 1 is 1.45 bits per heavy atom. The second-order valence-corrected chi connectivity index (χ2v) is 4.93. The Kier molecular flexibility index (Phi) is 4.76. The quantitative estimate of drug-likeness (QED) is 0.785. The first-order valence-electron chi connectivity index (χ1n) is 6.73. The predicted molar refractivity (Wildman–Crippen MR) is 79.0 cm³/mol. The molecule has 0 bridgehead atoms. The largest absolute Gasteiger partial charge is 0.399 e. The van der Waals surface area contributed by atoms with E-state index in [0.29, 0.717) is 12.8 Å². The molecule has 1 aromatic heterocycles.